The molecule has 0 atom stereocenters. The maximum Gasteiger partial charge on any atom is 0.264 e. The minimum absolute atomic E-state index is 0.0900. The molecule has 0 bridgehead atoms. The summed E-state index contributed by atoms with van der Waals surface area (Å²) < 4.78 is 1.50. The van der Waals surface area contributed by atoms with Crippen LogP contribution < -0.4 is 5.56 Å². The van der Waals surface area contributed by atoms with Crippen molar-refractivity contribution in [3.8, 4) is 11.6 Å². The van der Waals surface area contributed by atoms with E-state index >= 15 is 0 Å². The van der Waals surface area contributed by atoms with Crippen molar-refractivity contribution >= 4 is 30.0 Å². The number of hydrogen-bond acceptors (Lipinski definition) is 5. The SMILES string of the molecule is O=c1[nH]c(=S)n(-c2ccc(Cl)cc2)c(O)c1C=NCCN1CCCCC1. The topological polar surface area (TPSA) is 73.6 Å². The molecule has 0 amide bonds. The number of rotatable bonds is 5. The fourth-order valence-electron chi connectivity index (χ4n) is 3.02. The lowest BCUT2D eigenvalue weighted by Crippen LogP contribution is -2.31. The summed E-state index contributed by atoms with van der Waals surface area (Å²) in [6, 6.07) is 6.81. The summed E-state index contributed by atoms with van der Waals surface area (Å²) in [4.78, 5) is 21.4. The Morgan fingerprint density at radius 3 is 2.62 bits per heavy atom. The summed E-state index contributed by atoms with van der Waals surface area (Å²) in [7, 11) is 0. The van der Waals surface area contributed by atoms with Crippen molar-refractivity contribution < 1.29 is 5.11 Å². The zero-order valence-electron chi connectivity index (χ0n) is 14.3. The maximum absolute atomic E-state index is 12.2. The lowest BCUT2D eigenvalue weighted by molar-refractivity contribution is 0.235. The predicted molar refractivity (Wildman–Crippen MR) is 107 cm³/mol. The van der Waals surface area contributed by atoms with Crippen molar-refractivity contribution in [3.63, 3.8) is 0 Å². The van der Waals surface area contributed by atoms with Crippen molar-refractivity contribution in [2.75, 3.05) is 26.2 Å². The van der Waals surface area contributed by atoms with Crippen molar-refractivity contribution in [2.24, 2.45) is 4.99 Å². The van der Waals surface area contributed by atoms with Crippen LogP contribution in [0, 0.1) is 4.77 Å². The van der Waals surface area contributed by atoms with Gasteiger partial charge in [-0.2, -0.15) is 0 Å². The van der Waals surface area contributed by atoms with E-state index in [4.69, 9.17) is 23.8 Å². The average molecular weight is 393 g/mol. The first kappa shape index (κ1) is 18.8. The quantitative estimate of drug-likeness (QED) is 0.605. The van der Waals surface area contributed by atoms with Crippen LogP contribution in [0.15, 0.2) is 34.1 Å². The molecule has 0 saturated carbocycles. The minimum atomic E-state index is -0.459. The fourth-order valence-corrected chi connectivity index (χ4v) is 3.43. The molecule has 8 heteroatoms. The van der Waals surface area contributed by atoms with Gasteiger partial charge in [0.2, 0.25) is 5.88 Å². The standard InChI is InChI=1S/C18H21ClN4O2S/c19-13-4-6-14(7-5-13)23-17(25)15(16(24)21-18(23)26)12-20-8-11-22-9-2-1-3-10-22/h4-7,12,25H,1-3,8-11H2,(H,21,24,26). The summed E-state index contributed by atoms with van der Waals surface area (Å²) in [5.41, 5.74) is 0.239. The van der Waals surface area contributed by atoms with Gasteiger partial charge >= 0.3 is 0 Å². The Morgan fingerprint density at radius 1 is 1.23 bits per heavy atom. The molecule has 3 rings (SSSR count). The Balaban J connectivity index is 1.81. The number of likely N-dealkylation sites (tertiary alicyclic amines) is 1. The third-order valence-corrected chi connectivity index (χ3v) is 4.96. The molecular formula is C18H21ClN4O2S. The van der Waals surface area contributed by atoms with Crippen LogP contribution in [-0.4, -0.2) is 52.0 Å². The van der Waals surface area contributed by atoms with E-state index < -0.39 is 5.56 Å². The smallest absolute Gasteiger partial charge is 0.264 e. The second kappa shape index (κ2) is 8.62. The van der Waals surface area contributed by atoms with E-state index in [1.54, 1.807) is 24.3 Å². The Hall–Kier alpha value is -1.96. The van der Waals surface area contributed by atoms with E-state index in [0.717, 1.165) is 19.6 Å². The Labute approximate surface area is 161 Å². The van der Waals surface area contributed by atoms with E-state index in [-0.39, 0.29) is 16.2 Å². The summed E-state index contributed by atoms with van der Waals surface area (Å²) in [5, 5.41) is 11.1. The molecule has 138 valence electrons. The van der Waals surface area contributed by atoms with E-state index in [2.05, 4.69) is 14.9 Å². The molecule has 6 nitrogen and oxygen atoms in total. The number of nitrogens with one attached hydrogen (secondary N) is 1. The van der Waals surface area contributed by atoms with Crippen molar-refractivity contribution in [1.29, 1.82) is 0 Å². The van der Waals surface area contributed by atoms with Gasteiger partial charge in [0.25, 0.3) is 5.56 Å². The molecule has 1 fully saturated rings. The minimum Gasteiger partial charge on any atom is -0.494 e. The molecule has 1 aromatic carbocycles. The first-order valence-corrected chi connectivity index (χ1v) is 9.41. The number of piperidine rings is 1. The van der Waals surface area contributed by atoms with Crippen LogP contribution in [-0.2, 0) is 0 Å². The van der Waals surface area contributed by atoms with Gasteiger partial charge in [-0.15, -0.1) is 0 Å². The van der Waals surface area contributed by atoms with Crippen molar-refractivity contribution in [2.45, 2.75) is 19.3 Å². The number of hydrogen-bond donors (Lipinski definition) is 2. The van der Waals surface area contributed by atoms with E-state index in [0.29, 0.717) is 17.3 Å². The van der Waals surface area contributed by atoms with Crippen molar-refractivity contribution in [1.82, 2.24) is 14.5 Å². The number of H-pyrrole nitrogens is 1. The summed E-state index contributed by atoms with van der Waals surface area (Å²) in [6.45, 7) is 3.63. The molecule has 1 aromatic heterocycles. The van der Waals surface area contributed by atoms with Gasteiger partial charge in [0.05, 0.1) is 12.2 Å². The molecule has 1 aliphatic rings. The third-order valence-electron chi connectivity index (χ3n) is 4.42. The van der Waals surface area contributed by atoms with Gasteiger partial charge in [-0.25, -0.2) is 0 Å². The van der Waals surface area contributed by atoms with E-state index in [9.17, 15) is 9.90 Å². The van der Waals surface area contributed by atoms with Crippen LogP contribution in [0.2, 0.25) is 5.02 Å². The number of aromatic nitrogens is 2. The molecule has 2 aromatic rings. The zero-order chi connectivity index (χ0) is 18.5. The molecule has 0 spiro atoms. The van der Waals surface area contributed by atoms with Crippen LogP contribution in [0.3, 0.4) is 0 Å². The largest absolute Gasteiger partial charge is 0.494 e. The van der Waals surface area contributed by atoms with Gasteiger partial charge < -0.3 is 10.0 Å². The van der Waals surface area contributed by atoms with Gasteiger partial charge in [-0.1, -0.05) is 18.0 Å². The molecule has 0 unspecified atom stereocenters. The van der Waals surface area contributed by atoms with Crippen LogP contribution >= 0.6 is 23.8 Å². The molecule has 1 aliphatic heterocycles. The van der Waals surface area contributed by atoms with Crippen LogP contribution in [0.5, 0.6) is 5.88 Å². The lowest BCUT2D eigenvalue weighted by Gasteiger charge is -2.25. The lowest BCUT2D eigenvalue weighted by atomic mass is 10.1. The van der Waals surface area contributed by atoms with Gasteiger partial charge in [-0.3, -0.25) is 19.3 Å². The van der Waals surface area contributed by atoms with Crippen LogP contribution in [0.1, 0.15) is 24.8 Å². The van der Waals surface area contributed by atoms with Gasteiger partial charge in [-0.05, 0) is 62.4 Å². The zero-order valence-corrected chi connectivity index (χ0v) is 15.9. The molecule has 26 heavy (non-hydrogen) atoms. The summed E-state index contributed by atoms with van der Waals surface area (Å²) >= 11 is 11.1. The van der Waals surface area contributed by atoms with Gasteiger partial charge in [0.1, 0.15) is 5.56 Å². The normalized spacial score (nSPS) is 15.6. The first-order chi connectivity index (χ1) is 12.6. The number of aromatic hydroxyl groups is 1. The second-order valence-electron chi connectivity index (χ2n) is 6.25. The molecule has 1 saturated heterocycles. The first-order valence-electron chi connectivity index (χ1n) is 8.62. The Morgan fingerprint density at radius 2 is 1.92 bits per heavy atom. The highest BCUT2D eigenvalue weighted by Crippen LogP contribution is 2.20. The molecule has 2 heterocycles. The predicted octanol–water partition coefficient (Wildman–Crippen LogP) is 3.16. The van der Waals surface area contributed by atoms with Crippen LogP contribution in [0.4, 0.5) is 0 Å². The van der Waals surface area contributed by atoms with E-state index in [1.165, 1.54) is 30.0 Å². The number of aliphatic imine (C=N–C) groups is 1. The third kappa shape index (κ3) is 4.41. The highest BCUT2D eigenvalue weighted by Gasteiger charge is 2.13. The maximum atomic E-state index is 12.2. The molecule has 2 N–H and O–H groups in total. The van der Waals surface area contributed by atoms with Gasteiger partial charge in [0.15, 0.2) is 4.77 Å². The molecule has 0 radical (unpaired) electrons. The number of aromatic amines is 1. The highest BCUT2D eigenvalue weighted by atomic mass is 35.5. The van der Waals surface area contributed by atoms with Crippen molar-refractivity contribution in [3.05, 3.63) is 50.0 Å². The molecular weight excluding hydrogens is 372 g/mol. The highest BCUT2D eigenvalue weighted by molar-refractivity contribution is 7.71. The Bertz CT molecular complexity index is 899. The Kier molecular flexibility index (Phi) is 6.24. The average Bonchev–Trinajstić information content (AvgIpc) is 2.63. The van der Waals surface area contributed by atoms with E-state index in [1.807, 2.05) is 0 Å². The number of halogens is 1. The fraction of sp³-hybridized carbons (Fsp3) is 0.389. The van der Waals surface area contributed by atoms with Crippen LogP contribution in [0.25, 0.3) is 5.69 Å². The summed E-state index contributed by atoms with van der Waals surface area (Å²) in [5.74, 6) is -0.234. The second-order valence-corrected chi connectivity index (χ2v) is 7.07. The summed E-state index contributed by atoms with van der Waals surface area (Å²) in [6.07, 6.45) is 5.16. The number of benzene rings is 1. The van der Waals surface area contributed by atoms with Gasteiger partial charge in [0, 0.05) is 17.8 Å². The number of nitrogens with zero attached hydrogens (tertiary/aromatic N) is 3. The monoisotopic (exact) mass is 392 g/mol. The molecule has 0 aliphatic carbocycles.